The molecule has 11 nitrogen and oxygen atoms in total. The Morgan fingerprint density at radius 1 is 1.26 bits per heavy atom. The fourth-order valence-electron chi connectivity index (χ4n) is 4.90. The number of hydrogen-bond donors (Lipinski definition) is 4. The van der Waals surface area contributed by atoms with Gasteiger partial charge in [-0.3, -0.25) is 9.59 Å². The molecule has 39 heavy (non-hydrogen) atoms. The Morgan fingerprint density at radius 2 is 2.03 bits per heavy atom. The molecule has 3 aromatic rings. The number of fused-ring (bicyclic) bond motifs is 1. The molecule has 0 bridgehead atoms. The normalized spacial score (nSPS) is 20.1. The first-order chi connectivity index (χ1) is 18.7. The maximum atomic E-state index is 14.8. The van der Waals surface area contributed by atoms with Gasteiger partial charge in [-0.05, 0) is 45.1 Å². The van der Waals surface area contributed by atoms with Gasteiger partial charge in [0.15, 0.2) is 11.6 Å². The zero-order valence-corrected chi connectivity index (χ0v) is 22.0. The van der Waals surface area contributed by atoms with Gasteiger partial charge in [0.25, 0.3) is 11.8 Å². The first kappa shape index (κ1) is 26.8. The quantitative estimate of drug-likeness (QED) is 0.338. The Hall–Kier alpha value is -3.77. The highest BCUT2D eigenvalue weighted by Crippen LogP contribution is 2.39. The Morgan fingerprint density at radius 3 is 2.69 bits per heavy atom. The van der Waals surface area contributed by atoms with Crippen LogP contribution in [-0.4, -0.2) is 86.9 Å². The highest BCUT2D eigenvalue weighted by molar-refractivity contribution is 6.09. The average Bonchev–Trinajstić information content (AvgIpc) is 3.67. The van der Waals surface area contributed by atoms with Gasteiger partial charge in [0, 0.05) is 30.4 Å². The van der Waals surface area contributed by atoms with E-state index < -0.39 is 35.9 Å². The van der Waals surface area contributed by atoms with Crippen molar-refractivity contribution in [1.82, 2.24) is 25.2 Å². The number of aliphatic hydroxyl groups is 2. The lowest BCUT2D eigenvalue weighted by atomic mass is 10.0. The van der Waals surface area contributed by atoms with Crippen LogP contribution in [0.5, 0.6) is 11.5 Å². The second-order valence-corrected chi connectivity index (χ2v) is 10.2. The zero-order valence-electron chi connectivity index (χ0n) is 22.0. The Labute approximate surface area is 224 Å². The van der Waals surface area contributed by atoms with Crippen molar-refractivity contribution in [2.24, 2.45) is 5.92 Å². The van der Waals surface area contributed by atoms with Crippen LogP contribution in [0.15, 0.2) is 18.5 Å². The average molecular weight is 542 g/mol. The molecule has 2 fully saturated rings. The van der Waals surface area contributed by atoms with Gasteiger partial charge in [0.05, 0.1) is 36.9 Å². The van der Waals surface area contributed by atoms with E-state index in [0.717, 1.165) is 12.8 Å². The third kappa shape index (κ3) is 5.39. The number of aromatic nitrogens is 3. The second-order valence-electron chi connectivity index (χ2n) is 10.2. The van der Waals surface area contributed by atoms with Gasteiger partial charge >= 0.3 is 0 Å². The minimum Gasteiger partial charge on any atom is -0.494 e. The van der Waals surface area contributed by atoms with Crippen molar-refractivity contribution in [3.8, 4) is 22.8 Å². The summed E-state index contributed by atoms with van der Waals surface area (Å²) in [5, 5.41) is 23.0. The number of carbonyl (C=O) groups excluding carboxylic acids is 2. The van der Waals surface area contributed by atoms with E-state index in [-0.39, 0.29) is 24.4 Å². The number of aromatic amines is 1. The van der Waals surface area contributed by atoms with E-state index in [2.05, 4.69) is 20.3 Å². The molecule has 1 saturated carbocycles. The molecule has 0 radical (unpaired) electrons. The molecule has 4 N–H and O–H groups in total. The molecule has 3 atom stereocenters. The predicted octanol–water partition coefficient (Wildman–Crippen LogP) is 1.94. The lowest BCUT2D eigenvalue weighted by Gasteiger charge is -2.36. The highest BCUT2D eigenvalue weighted by atomic mass is 19.1. The van der Waals surface area contributed by atoms with Gasteiger partial charge < -0.3 is 34.9 Å². The third-order valence-corrected chi connectivity index (χ3v) is 7.25. The molecule has 2 amide bonds. The van der Waals surface area contributed by atoms with Gasteiger partial charge in [-0.15, -0.1) is 0 Å². The van der Waals surface area contributed by atoms with Crippen LogP contribution in [0.1, 0.15) is 42.2 Å². The van der Waals surface area contributed by atoms with Crippen LogP contribution in [0.2, 0.25) is 0 Å². The van der Waals surface area contributed by atoms with Crippen LogP contribution in [-0.2, 0) is 4.79 Å². The van der Waals surface area contributed by atoms with E-state index >= 15 is 0 Å². The minimum atomic E-state index is -1.16. The van der Waals surface area contributed by atoms with Crippen molar-refractivity contribution in [2.45, 2.75) is 51.4 Å². The number of piperidine rings is 1. The Kier molecular flexibility index (Phi) is 7.41. The summed E-state index contributed by atoms with van der Waals surface area (Å²) < 4.78 is 26.0. The SMILES string of the molecule is COc1cc(OCC2CC2)c(-c2ncnc3c(C(=O)N[C@@H]4CCN(C(=O)[C@H](C)O)C[C@H]4O)c(C)[nH]c23)cc1F. The fourth-order valence-corrected chi connectivity index (χ4v) is 4.90. The predicted molar refractivity (Wildman–Crippen MR) is 139 cm³/mol. The summed E-state index contributed by atoms with van der Waals surface area (Å²) in [6, 6.07) is 2.21. The number of nitrogens with zero attached hydrogens (tertiary/aromatic N) is 3. The number of halogens is 1. The number of methoxy groups -OCH3 is 1. The molecule has 0 unspecified atom stereocenters. The number of ether oxygens (including phenoxy) is 2. The van der Waals surface area contributed by atoms with Gasteiger partial charge in [-0.2, -0.15) is 0 Å². The molecule has 0 spiro atoms. The Bertz CT molecular complexity index is 1410. The van der Waals surface area contributed by atoms with Crippen molar-refractivity contribution in [3.63, 3.8) is 0 Å². The van der Waals surface area contributed by atoms with Crippen LogP contribution in [0, 0.1) is 18.7 Å². The number of likely N-dealkylation sites (tertiary alicyclic amines) is 1. The molecule has 3 heterocycles. The third-order valence-electron chi connectivity index (χ3n) is 7.25. The molecule has 1 aliphatic heterocycles. The van der Waals surface area contributed by atoms with E-state index in [1.807, 2.05) is 0 Å². The molecule has 2 aliphatic rings. The number of rotatable bonds is 8. The monoisotopic (exact) mass is 541 g/mol. The molecule has 5 rings (SSSR count). The van der Waals surface area contributed by atoms with E-state index in [1.54, 1.807) is 6.92 Å². The first-order valence-corrected chi connectivity index (χ1v) is 13.0. The molecular formula is C27H32FN5O6. The summed E-state index contributed by atoms with van der Waals surface area (Å²) in [6.07, 6.45) is 1.64. The number of H-pyrrole nitrogens is 1. The van der Waals surface area contributed by atoms with Crippen molar-refractivity contribution < 1.29 is 33.7 Å². The number of aryl methyl sites for hydroxylation is 1. The van der Waals surface area contributed by atoms with Gasteiger partial charge in [0.2, 0.25) is 0 Å². The number of β-amino-alcohol motifs (C(OH)–C–C–N with tert-alkyl or cyclic N) is 1. The summed E-state index contributed by atoms with van der Waals surface area (Å²) in [7, 11) is 1.39. The maximum absolute atomic E-state index is 14.8. The summed E-state index contributed by atoms with van der Waals surface area (Å²) in [6.45, 7) is 3.89. The topological polar surface area (TPSA) is 150 Å². The largest absolute Gasteiger partial charge is 0.494 e. The van der Waals surface area contributed by atoms with Crippen LogP contribution in [0.3, 0.4) is 0 Å². The van der Waals surface area contributed by atoms with Crippen molar-refractivity contribution in [3.05, 3.63) is 35.5 Å². The van der Waals surface area contributed by atoms with E-state index in [4.69, 9.17) is 9.47 Å². The number of hydrogen-bond acceptors (Lipinski definition) is 8. The number of carbonyl (C=O) groups is 2. The van der Waals surface area contributed by atoms with Crippen molar-refractivity contribution in [1.29, 1.82) is 0 Å². The number of nitrogens with one attached hydrogen (secondary N) is 2. The summed E-state index contributed by atoms with van der Waals surface area (Å²) in [5.41, 5.74) is 2.36. The lowest BCUT2D eigenvalue weighted by molar-refractivity contribution is -0.142. The van der Waals surface area contributed by atoms with E-state index in [9.17, 15) is 24.2 Å². The Balaban J connectivity index is 1.43. The standard InChI is InChI=1S/C27H32FN5O6/c1-13-22(26(36)32-18-6-7-33(10-19(18)35)27(37)14(2)34)24-25(31-13)23(29-12-30-24)16-8-17(28)21(38-3)9-20(16)39-11-15-4-5-15/h8-9,12,14-15,18-19,31,34-35H,4-7,10-11H2,1-3H3,(H,32,36)/t14-,18+,19+/m0/s1. The van der Waals surface area contributed by atoms with Crippen LogP contribution < -0.4 is 14.8 Å². The highest BCUT2D eigenvalue weighted by Gasteiger charge is 2.33. The zero-order chi connectivity index (χ0) is 27.8. The smallest absolute Gasteiger partial charge is 0.255 e. The number of benzene rings is 1. The molecule has 2 aromatic heterocycles. The molecule has 1 saturated heterocycles. The first-order valence-electron chi connectivity index (χ1n) is 13.0. The van der Waals surface area contributed by atoms with Crippen molar-refractivity contribution in [2.75, 3.05) is 26.8 Å². The van der Waals surface area contributed by atoms with Gasteiger partial charge in [-0.1, -0.05) is 0 Å². The van der Waals surface area contributed by atoms with E-state index in [1.165, 1.54) is 37.4 Å². The van der Waals surface area contributed by atoms with Crippen LogP contribution in [0.25, 0.3) is 22.3 Å². The summed E-state index contributed by atoms with van der Waals surface area (Å²) in [4.78, 5) is 38.8. The van der Waals surface area contributed by atoms with Gasteiger partial charge in [0.1, 0.15) is 29.4 Å². The molecular weight excluding hydrogens is 509 g/mol. The second kappa shape index (κ2) is 10.8. The van der Waals surface area contributed by atoms with E-state index in [0.29, 0.717) is 52.7 Å². The summed E-state index contributed by atoms with van der Waals surface area (Å²) in [5.74, 6) is -0.555. The summed E-state index contributed by atoms with van der Waals surface area (Å²) >= 11 is 0. The molecule has 208 valence electrons. The lowest BCUT2D eigenvalue weighted by Crippen LogP contribution is -2.56. The van der Waals surface area contributed by atoms with Gasteiger partial charge in [-0.25, -0.2) is 14.4 Å². The van der Waals surface area contributed by atoms with Crippen molar-refractivity contribution >= 4 is 22.8 Å². The number of aliphatic hydroxyl groups excluding tert-OH is 2. The molecule has 12 heteroatoms. The molecule has 1 aliphatic carbocycles. The minimum absolute atomic E-state index is 0.000528. The fraction of sp³-hybridized carbons (Fsp3) is 0.481. The maximum Gasteiger partial charge on any atom is 0.255 e. The van der Waals surface area contributed by atoms with Crippen LogP contribution in [0.4, 0.5) is 4.39 Å². The molecule has 1 aromatic carbocycles. The number of amides is 2. The van der Waals surface area contributed by atoms with Crippen LogP contribution >= 0.6 is 0 Å².